The number of sulfonamides is 1. The third-order valence-corrected chi connectivity index (χ3v) is 5.80. The zero-order valence-electron chi connectivity index (χ0n) is 12.5. The lowest BCUT2D eigenvalue weighted by molar-refractivity contribution is -0.124. The molecule has 2 aromatic rings. The van der Waals surface area contributed by atoms with Gasteiger partial charge in [-0.1, -0.05) is 18.2 Å². The van der Waals surface area contributed by atoms with E-state index in [1.165, 1.54) is 10.6 Å². The quantitative estimate of drug-likeness (QED) is 0.903. The van der Waals surface area contributed by atoms with Gasteiger partial charge in [-0.05, 0) is 37.1 Å². The van der Waals surface area contributed by atoms with Gasteiger partial charge in [-0.25, -0.2) is 8.42 Å². The number of benzene rings is 1. The van der Waals surface area contributed by atoms with Gasteiger partial charge in [-0.3, -0.25) is 4.79 Å². The number of hydrogen-bond donors (Lipinski definition) is 1. The van der Waals surface area contributed by atoms with Crippen molar-refractivity contribution in [3.63, 3.8) is 0 Å². The van der Waals surface area contributed by atoms with Crippen molar-refractivity contribution in [2.75, 3.05) is 6.54 Å². The second-order valence-corrected chi connectivity index (χ2v) is 7.27. The van der Waals surface area contributed by atoms with E-state index in [4.69, 9.17) is 4.42 Å². The minimum Gasteiger partial charge on any atom is -0.467 e. The molecular formula is C16H18N2O4S. The molecular weight excluding hydrogens is 316 g/mol. The molecule has 1 aliphatic heterocycles. The number of carbonyl (C=O) groups is 1. The first-order valence-corrected chi connectivity index (χ1v) is 8.90. The van der Waals surface area contributed by atoms with Crippen LogP contribution in [-0.4, -0.2) is 31.2 Å². The molecule has 1 atom stereocenters. The molecule has 1 amide bonds. The fourth-order valence-corrected chi connectivity index (χ4v) is 4.40. The first kappa shape index (κ1) is 15.8. The molecule has 1 aromatic heterocycles. The minimum absolute atomic E-state index is 0.214. The molecule has 6 nitrogen and oxygen atoms in total. The van der Waals surface area contributed by atoms with Crippen LogP contribution in [0.4, 0.5) is 0 Å². The number of nitrogens with one attached hydrogen (secondary N) is 1. The second kappa shape index (κ2) is 6.55. The lowest BCUT2D eigenvalue weighted by atomic mass is 10.2. The molecule has 1 fully saturated rings. The maximum atomic E-state index is 12.7. The van der Waals surface area contributed by atoms with Crippen molar-refractivity contribution in [2.24, 2.45) is 0 Å². The molecule has 7 heteroatoms. The van der Waals surface area contributed by atoms with Gasteiger partial charge in [0.25, 0.3) is 0 Å². The van der Waals surface area contributed by atoms with E-state index in [1.54, 1.807) is 42.5 Å². The van der Waals surface area contributed by atoms with E-state index in [1.807, 2.05) is 0 Å². The third kappa shape index (κ3) is 3.30. The molecule has 0 bridgehead atoms. The van der Waals surface area contributed by atoms with Crippen molar-refractivity contribution >= 4 is 15.9 Å². The summed E-state index contributed by atoms with van der Waals surface area (Å²) < 4.78 is 31.9. The minimum atomic E-state index is -3.66. The molecule has 23 heavy (non-hydrogen) atoms. The standard InChI is InChI=1S/C16H18N2O4S/c19-16(17-12-13-6-5-11-22-13)15-9-4-10-18(15)23(20,21)14-7-2-1-3-8-14/h1-3,5-8,11,15H,4,9-10,12H2,(H,17,19)/t15-/m0/s1. The van der Waals surface area contributed by atoms with Crippen LogP contribution >= 0.6 is 0 Å². The molecule has 1 aliphatic rings. The van der Waals surface area contributed by atoms with Crippen molar-refractivity contribution in [1.29, 1.82) is 0 Å². The van der Waals surface area contributed by atoms with Gasteiger partial charge < -0.3 is 9.73 Å². The lowest BCUT2D eigenvalue weighted by Gasteiger charge is -2.23. The molecule has 122 valence electrons. The van der Waals surface area contributed by atoms with Crippen LogP contribution in [0.25, 0.3) is 0 Å². The van der Waals surface area contributed by atoms with Gasteiger partial charge >= 0.3 is 0 Å². The summed E-state index contributed by atoms with van der Waals surface area (Å²) in [6.07, 6.45) is 2.73. The zero-order chi connectivity index (χ0) is 16.3. The first-order chi connectivity index (χ1) is 11.1. The number of amides is 1. The van der Waals surface area contributed by atoms with Crippen molar-refractivity contribution < 1.29 is 17.6 Å². The molecule has 2 heterocycles. The van der Waals surface area contributed by atoms with Crippen molar-refractivity contribution in [1.82, 2.24) is 9.62 Å². The Morgan fingerprint density at radius 1 is 1.22 bits per heavy atom. The average molecular weight is 334 g/mol. The maximum absolute atomic E-state index is 12.7. The Hall–Kier alpha value is -2.12. The third-order valence-electron chi connectivity index (χ3n) is 3.87. The molecule has 1 aromatic carbocycles. The number of carbonyl (C=O) groups excluding carboxylic acids is 1. The Labute approximate surface area is 135 Å². The normalized spacial score (nSPS) is 18.9. The molecule has 1 saturated heterocycles. The predicted octanol–water partition coefficient (Wildman–Crippen LogP) is 1.75. The van der Waals surface area contributed by atoms with Crippen molar-refractivity contribution in [3.8, 4) is 0 Å². The zero-order valence-corrected chi connectivity index (χ0v) is 13.3. The van der Waals surface area contributed by atoms with Crippen molar-refractivity contribution in [3.05, 3.63) is 54.5 Å². The van der Waals surface area contributed by atoms with Crippen molar-refractivity contribution in [2.45, 2.75) is 30.3 Å². The SMILES string of the molecule is O=C(NCc1ccco1)[C@@H]1CCCN1S(=O)(=O)c1ccccc1. The molecule has 1 N–H and O–H groups in total. The van der Waals surface area contributed by atoms with Gasteiger partial charge in [0.05, 0.1) is 17.7 Å². The molecule has 0 radical (unpaired) electrons. The van der Waals surface area contributed by atoms with Crippen LogP contribution in [-0.2, 0) is 21.4 Å². The Morgan fingerprint density at radius 3 is 2.70 bits per heavy atom. The highest BCUT2D eigenvalue weighted by Crippen LogP contribution is 2.26. The Balaban J connectivity index is 1.73. The fourth-order valence-electron chi connectivity index (χ4n) is 2.72. The van der Waals surface area contributed by atoms with Gasteiger partial charge in [0.1, 0.15) is 11.8 Å². The van der Waals surface area contributed by atoms with E-state index in [0.717, 1.165) is 0 Å². The predicted molar refractivity (Wildman–Crippen MR) is 83.9 cm³/mol. The van der Waals surface area contributed by atoms with Gasteiger partial charge in [0, 0.05) is 6.54 Å². The first-order valence-electron chi connectivity index (χ1n) is 7.46. The number of furan rings is 1. The lowest BCUT2D eigenvalue weighted by Crippen LogP contribution is -2.45. The van der Waals surface area contributed by atoms with Crippen LogP contribution < -0.4 is 5.32 Å². The van der Waals surface area contributed by atoms with Crippen LogP contribution in [0, 0.1) is 0 Å². The molecule has 0 saturated carbocycles. The molecule has 0 spiro atoms. The highest BCUT2D eigenvalue weighted by atomic mass is 32.2. The molecule has 0 unspecified atom stereocenters. The van der Waals surface area contributed by atoms with Crippen LogP contribution in [0.2, 0.25) is 0 Å². The summed E-state index contributed by atoms with van der Waals surface area (Å²) in [5.41, 5.74) is 0. The highest BCUT2D eigenvalue weighted by Gasteiger charge is 2.39. The summed E-state index contributed by atoms with van der Waals surface area (Å²) in [7, 11) is -3.66. The summed E-state index contributed by atoms with van der Waals surface area (Å²) in [4.78, 5) is 12.6. The Kier molecular flexibility index (Phi) is 4.49. The monoisotopic (exact) mass is 334 g/mol. The number of nitrogens with zero attached hydrogens (tertiary/aromatic N) is 1. The largest absolute Gasteiger partial charge is 0.467 e. The van der Waals surface area contributed by atoms with E-state index in [9.17, 15) is 13.2 Å². The Morgan fingerprint density at radius 2 is 2.00 bits per heavy atom. The average Bonchev–Trinajstić information content (AvgIpc) is 3.25. The fraction of sp³-hybridized carbons (Fsp3) is 0.312. The van der Waals surface area contributed by atoms with Crippen LogP contribution in [0.5, 0.6) is 0 Å². The second-order valence-electron chi connectivity index (χ2n) is 5.38. The summed E-state index contributed by atoms with van der Waals surface area (Å²) >= 11 is 0. The van der Waals surface area contributed by atoms with Gasteiger partial charge in [0.2, 0.25) is 15.9 Å². The number of hydrogen-bond acceptors (Lipinski definition) is 4. The Bertz CT molecular complexity index is 757. The summed E-state index contributed by atoms with van der Waals surface area (Å²) in [5.74, 6) is 0.340. The van der Waals surface area contributed by atoms with E-state index in [2.05, 4.69) is 5.32 Å². The molecule has 3 rings (SSSR count). The van der Waals surface area contributed by atoms with E-state index in [0.29, 0.717) is 25.1 Å². The maximum Gasteiger partial charge on any atom is 0.243 e. The molecule has 0 aliphatic carbocycles. The van der Waals surface area contributed by atoms with Gasteiger partial charge in [0.15, 0.2) is 0 Å². The smallest absolute Gasteiger partial charge is 0.243 e. The summed E-state index contributed by atoms with van der Waals surface area (Å²) in [6.45, 7) is 0.609. The van der Waals surface area contributed by atoms with Crippen LogP contribution in [0.3, 0.4) is 0 Å². The summed E-state index contributed by atoms with van der Waals surface area (Å²) in [6, 6.07) is 11.0. The van der Waals surface area contributed by atoms with Crippen LogP contribution in [0.15, 0.2) is 58.0 Å². The van der Waals surface area contributed by atoms with Crippen LogP contribution in [0.1, 0.15) is 18.6 Å². The topological polar surface area (TPSA) is 79.6 Å². The van der Waals surface area contributed by atoms with E-state index in [-0.39, 0.29) is 17.3 Å². The highest BCUT2D eigenvalue weighted by molar-refractivity contribution is 7.89. The van der Waals surface area contributed by atoms with Gasteiger partial charge in [-0.2, -0.15) is 4.31 Å². The number of rotatable bonds is 5. The summed E-state index contributed by atoms with van der Waals surface area (Å²) in [5, 5.41) is 2.74. The van der Waals surface area contributed by atoms with E-state index < -0.39 is 16.1 Å². The van der Waals surface area contributed by atoms with E-state index >= 15 is 0 Å². The van der Waals surface area contributed by atoms with Gasteiger partial charge in [-0.15, -0.1) is 0 Å².